The number of benzene rings is 2. The van der Waals surface area contributed by atoms with Crippen LogP contribution in [0.1, 0.15) is 31.0 Å². The fourth-order valence-corrected chi connectivity index (χ4v) is 3.81. The van der Waals surface area contributed by atoms with Gasteiger partial charge in [0.25, 0.3) is 11.7 Å². The summed E-state index contributed by atoms with van der Waals surface area (Å²) < 4.78 is 21.6. The average Bonchev–Trinajstić information content (AvgIpc) is 3.08. The van der Waals surface area contributed by atoms with Gasteiger partial charge in [0.15, 0.2) is 11.5 Å². The minimum Gasteiger partial charge on any atom is -0.507 e. The maximum Gasteiger partial charge on any atom is 0.295 e. The number of hydrogen-bond donors (Lipinski definition) is 1. The zero-order chi connectivity index (χ0) is 24.0. The first-order valence-corrected chi connectivity index (χ1v) is 10.8. The fourth-order valence-electron chi connectivity index (χ4n) is 3.81. The molecule has 3 rings (SSSR count). The topological polar surface area (TPSA) is 94.5 Å². The molecule has 8 heteroatoms. The molecule has 0 aromatic heterocycles. The van der Waals surface area contributed by atoms with Gasteiger partial charge in [-0.25, -0.2) is 0 Å². The molecular weight excluding hydrogens is 426 g/mol. The molecule has 2 aromatic rings. The van der Waals surface area contributed by atoms with Gasteiger partial charge in [-0.3, -0.25) is 9.59 Å². The van der Waals surface area contributed by atoms with Crippen molar-refractivity contribution in [3.8, 4) is 17.2 Å². The van der Waals surface area contributed by atoms with Crippen LogP contribution in [0, 0.1) is 0 Å². The van der Waals surface area contributed by atoms with Crippen molar-refractivity contribution < 1.29 is 33.6 Å². The molecular formula is C25H29NO7. The highest BCUT2D eigenvalue weighted by atomic mass is 16.5. The van der Waals surface area contributed by atoms with Gasteiger partial charge < -0.3 is 29.0 Å². The van der Waals surface area contributed by atoms with Crippen LogP contribution in [0.4, 0.5) is 0 Å². The van der Waals surface area contributed by atoms with Crippen molar-refractivity contribution >= 4 is 17.4 Å². The molecule has 2 aromatic carbocycles. The molecule has 0 saturated carbocycles. The molecule has 1 aliphatic rings. The van der Waals surface area contributed by atoms with Crippen molar-refractivity contribution in [1.82, 2.24) is 4.90 Å². The first-order valence-electron chi connectivity index (χ1n) is 10.8. The van der Waals surface area contributed by atoms with Crippen LogP contribution in [0.3, 0.4) is 0 Å². The summed E-state index contributed by atoms with van der Waals surface area (Å²) in [7, 11) is 3.04. The highest BCUT2D eigenvalue weighted by Crippen LogP contribution is 2.42. The van der Waals surface area contributed by atoms with Gasteiger partial charge in [0.2, 0.25) is 0 Å². The Balaban J connectivity index is 2.13. The van der Waals surface area contributed by atoms with E-state index in [-0.39, 0.29) is 24.5 Å². The minimum atomic E-state index is -0.809. The molecule has 1 aliphatic heterocycles. The van der Waals surface area contributed by atoms with Gasteiger partial charge in [0.1, 0.15) is 11.5 Å². The van der Waals surface area contributed by atoms with Crippen molar-refractivity contribution in [3.05, 3.63) is 59.2 Å². The van der Waals surface area contributed by atoms with Crippen molar-refractivity contribution in [1.29, 1.82) is 0 Å². The van der Waals surface area contributed by atoms with Crippen LogP contribution in [-0.4, -0.2) is 62.3 Å². The largest absolute Gasteiger partial charge is 0.507 e. The molecule has 0 bridgehead atoms. The summed E-state index contributed by atoms with van der Waals surface area (Å²) in [5, 5.41) is 11.1. The van der Waals surface area contributed by atoms with Crippen LogP contribution >= 0.6 is 0 Å². The lowest BCUT2D eigenvalue weighted by Crippen LogP contribution is -2.32. The molecule has 1 N–H and O–H groups in total. The number of amides is 1. The Morgan fingerprint density at radius 2 is 1.67 bits per heavy atom. The summed E-state index contributed by atoms with van der Waals surface area (Å²) in [5.41, 5.74) is 1.02. The number of Topliss-reactive ketones (excluding diaryl/α,β-unsaturated/α-hetero) is 1. The number of aliphatic hydroxyl groups excluding tert-OH is 1. The Morgan fingerprint density at radius 1 is 0.970 bits per heavy atom. The maximum absolute atomic E-state index is 13.0. The Hall–Kier alpha value is -3.52. The van der Waals surface area contributed by atoms with Crippen LogP contribution in [0.15, 0.2) is 48.0 Å². The number of hydrogen-bond acceptors (Lipinski definition) is 7. The third-order valence-electron chi connectivity index (χ3n) is 5.32. The van der Waals surface area contributed by atoms with Gasteiger partial charge in [0.05, 0.1) is 38.5 Å². The Morgan fingerprint density at radius 3 is 2.27 bits per heavy atom. The Bertz CT molecular complexity index is 1030. The zero-order valence-corrected chi connectivity index (χ0v) is 19.3. The second-order valence-electron chi connectivity index (χ2n) is 7.29. The van der Waals surface area contributed by atoms with Crippen molar-refractivity contribution in [2.24, 2.45) is 0 Å². The molecule has 0 radical (unpaired) electrons. The molecule has 176 valence electrons. The van der Waals surface area contributed by atoms with Gasteiger partial charge in [0, 0.05) is 19.2 Å². The van der Waals surface area contributed by atoms with Crippen molar-refractivity contribution in [2.75, 3.05) is 40.6 Å². The molecule has 0 aliphatic carbocycles. The molecule has 1 heterocycles. The van der Waals surface area contributed by atoms with E-state index in [0.717, 1.165) is 0 Å². The van der Waals surface area contributed by atoms with E-state index in [1.807, 2.05) is 13.8 Å². The summed E-state index contributed by atoms with van der Waals surface area (Å²) in [5.74, 6) is -0.0545. The van der Waals surface area contributed by atoms with E-state index in [1.165, 1.54) is 19.1 Å². The highest BCUT2D eigenvalue weighted by Gasteiger charge is 2.46. The maximum atomic E-state index is 13.0. The number of aliphatic hydroxyl groups is 1. The van der Waals surface area contributed by atoms with E-state index >= 15 is 0 Å². The lowest BCUT2D eigenvalue weighted by atomic mass is 9.95. The van der Waals surface area contributed by atoms with E-state index in [4.69, 9.17) is 18.9 Å². The van der Waals surface area contributed by atoms with Crippen LogP contribution in [-0.2, 0) is 14.3 Å². The molecule has 1 unspecified atom stereocenters. The first kappa shape index (κ1) is 24.1. The number of methoxy groups -OCH3 is 2. The lowest BCUT2D eigenvalue weighted by molar-refractivity contribution is -0.140. The van der Waals surface area contributed by atoms with E-state index in [9.17, 15) is 14.7 Å². The predicted molar refractivity (Wildman–Crippen MR) is 123 cm³/mol. The fraction of sp³-hybridized carbons (Fsp3) is 0.360. The standard InChI is InChI=1S/C25H29NO7/c1-5-32-18-10-7-16(8-11-18)23(27)21-22(26(13-14-30-3)25(29)24(21)28)17-9-12-19(33-6-2)20(15-17)31-4/h7-12,15,22,27H,5-6,13-14H2,1-4H3. The average molecular weight is 456 g/mol. The monoisotopic (exact) mass is 455 g/mol. The summed E-state index contributed by atoms with van der Waals surface area (Å²) >= 11 is 0. The smallest absolute Gasteiger partial charge is 0.295 e. The van der Waals surface area contributed by atoms with Crippen LogP contribution < -0.4 is 14.2 Å². The summed E-state index contributed by atoms with van der Waals surface area (Å²) in [6.07, 6.45) is 0. The third-order valence-corrected chi connectivity index (χ3v) is 5.32. The molecule has 8 nitrogen and oxygen atoms in total. The second kappa shape index (κ2) is 10.9. The SMILES string of the molecule is CCOc1ccc(C(O)=C2C(=O)C(=O)N(CCOC)C2c2ccc(OCC)c(OC)c2)cc1. The number of ketones is 1. The predicted octanol–water partition coefficient (Wildman–Crippen LogP) is 3.56. The number of carbonyl (C=O) groups excluding carboxylic acids is 2. The summed E-state index contributed by atoms with van der Waals surface area (Å²) in [6, 6.07) is 11.1. The van der Waals surface area contributed by atoms with E-state index in [2.05, 4.69) is 0 Å². The zero-order valence-electron chi connectivity index (χ0n) is 19.3. The number of nitrogens with zero attached hydrogens (tertiary/aromatic N) is 1. The number of carbonyl (C=O) groups is 2. The number of likely N-dealkylation sites (tertiary alicyclic amines) is 1. The quantitative estimate of drug-likeness (QED) is 0.333. The summed E-state index contributed by atoms with van der Waals surface area (Å²) in [4.78, 5) is 27.3. The molecule has 33 heavy (non-hydrogen) atoms. The normalized spacial score (nSPS) is 17.3. The van der Waals surface area contributed by atoms with E-state index < -0.39 is 17.7 Å². The highest BCUT2D eigenvalue weighted by molar-refractivity contribution is 6.46. The number of rotatable bonds is 10. The van der Waals surface area contributed by atoms with Gasteiger partial charge in [-0.15, -0.1) is 0 Å². The number of ether oxygens (including phenoxy) is 4. The van der Waals surface area contributed by atoms with Crippen LogP contribution in [0.5, 0.6) is 17.2 Å². The van der Waals surface area contributed by atoms with E-state index in [0.29, 0.717) is 41.6 Å². The third kappa shape index (κ3) is 4.96. The second-order valence-corrected chi connectivity index (χ2v) is 7.29. The summed E-state index contributed by atoms with van der Waals surface area (Å²) in [6.45, 7) is 5.13. The van der Waals surface area contributed by atoms with Crippen molar-refractivity contribution in [2.45, 2.75) is 19.9 Å². The lowest BCUT2D eigenvalue weighted by Gasteiger charge is -2.25. The van der Waals surface area contributed by atoms with Crippen LogP contribution in [0.25, 0.3) is 5.76 Å². The van der Waals surface area contributed by atoms with Gasteiger partial charge in [-0.1, -0.05) is 6.07 Å². The molecule has 1 atom stereocenters. The van der Waals surface area contributed by atoms with E-state index in [1.54, 1.807) is 42.5 Å². The molecule has 1 fully saturated rings. The Labute approximate surface area is 193 Å². The van der Waals surface area contributed by atoms with Crippen molar-refractivity contribution in [3.63, 3.8) is 0 Å². The first-order chi connectivity index (χ1) is 16.0. The van der Waals surface area contributed by atoms with Gasteiger partial charge in [-0.05, 0) is 55.8 Å². The minimum absolute atomic E-state index is 0.00600. The Kier molecular flexibility index (Phi) is 7.95. The molecule has 1 saturated heterocycles. The van der Waals surface area contributed by atoms with Gasteiger partial charge in [-0.2, -0.15) is 0 Å². The van der Waals surface area contributed by atoms with Gasteiger partial charge >= 0.3 is 0 Å². The molecule has 0 spiro atoms. The van der Waals surface area contributed by atoms with Crippen LogP contribution in [0.2, 0.25) is 0 Å². The molecule has 1 amide bonds.